The predicted molar refractivity (Wildman–Crippen MR) is 63.6 cm³/mol. The molecule has 1 aliphatic heterocycles. The van der Waals surface area contributed by atoms with Gasteiger partial charge in [-0.25, -0.2) is 14.1 Å². The number of rotatable bonds is 1. The van der Waals surface area contributed by atoms with Crippen molar-refractivity contribution in [1.29, 1.82) is 0 Å². The average molecular weight is 248 g/mol. The second-order valence-electron chi connectivity index (χ2n) is 4.95. The fraction of sp³-hybridized carbons (Fsp3) is 0.385. The van der Waals surface area contributed by atoms with E-state index in [1.54, 1.807) is 0 Å². The molecule has 0 atom stereocenters. The number of hydrogen-bond acceptors (Lipinski definition) is 2. The second-order valence-corrected chi connectivity index (χ2v) is 4.95. The summed E-state index contributed by atoms with van der Waals surface area (Å²) >= 11 is 0. The van der Waals surface area contributed by atoms with Crippen molar-refractivity contribution in [2.45, 2.75) is 31.2 Å². The maximum Gasteiger partial charge on any atom is 0.329 e. The minimum absolute atomic E-state index is 0.218. The lowest BCUT2D eigenvalue weighted by Crippen LogP contribution is -2.65. The Bertz CT molecular complexity index is 488. The molecule has 0 bridgehead atoms. The molecule has 1 aromatic rings. The van der Waals surface area contributed by atoms with Gasteiger partial charge in [-0.1, -0.05) is 0 Å². The van der Waals surface area contributed by atoms with Gasteiger partial charge in [0.1, 0.15) is 5.82 Å². The molecule has 1 N–H and O–H groups in total. The largest absolute Gasteiger partial charge is 0.331 e. The molecule has 94 valence electrons. The molecule has 0 aromatic heterocycles. The van der Waals surface area contributed by atoms with Gasteiger partial charge in [0.15, 0.2) is 0 Å². The number of hydrogen-bond donors (Lipinski definition) is 1. The molecule has 1 aromatic carbocycles. The number of nitrogens with zero attached hydrogens (tertiary/aromatic N) is 1. The van der Waals surface area contributed by atoms with E-state index in [0.29, 0.717) is 12.1 Å². The Morgan fingerprint density at radius 1 is 1.17 bits per heavy atom. The molecule has 1 saturated carbocycles. The number of amides is 3. The summed E-state index contributed by atoms with van der Waals surface area (Å²) in [5, 5.41) is 2.90. The topological polar surface area (TPSA) is 49.4 Å². The van der Waals surface area contributed by atoms with Crippen LogP contribution in [-0.4, -0.2) is 17.5 Å². The van der Waals surface area contributed by atoms with Gasteiger partial charge in [0.2, 0.25) is 5.91 Å². The molecule has 2 fully saturated rings. The Hall–Kier alpha value is -1.91. The number of imide groups is 1. The minimum Gasteiger partial charge on any atom is -0.331 e. The smallest absolute Gasteiger partial charge is 0.329 e. The zero-order valence-corrected chi connectivity index (χ0v) is 9.78. The minimum atomic E-state index is -0.405. The van der Waals surface area contributed by atoms with Gasteiger partial charge in [0, 0.05) is 0 Å². The van der Waals surface area contributed by atoms with Crippen molar-refractivity contribution in [2.24, 2.45) is 0 Å². The zero-order valence-electron chi connectivity index (χ0n) is 9.78. The quantitative estimate of drug-likeness (QED) is 0.828. The number of benzene rings is 1. The summed E-state index contributed by atoms with van der Waals surface area (Å²) in [7, 11) is 0. The molecule has 4 nitrogen and oxygen atoms in total. The Morgan fingerprint density at radius 2 is 1.83 bits per heavy atom. The van der Waals surface area contributed by atoms with E-state index >= 15 is 0 Å². The molecular formula is C13H13FN2O2. The van der Waals surface area contributed by atoms with Gasteiger partial charge in [-0.05, 0) is 43.5 Å². The van der Waals surface area contributed by atoms with Crippen LogP contribution in [0.3, 0.4) is 0 Å². The molecule has 1 heterocycles. The fourth-order valence-electron chi connectivity index (χ4n) is 2.57. The van der Waals surface area contributed by atoms with E-state index in [2.05, 4.69) is 5.32 Å². The third kappa shape index (κ3) is 1.66. The summed E-state index contributed by atoms with van der Waals surface area (Å²) in [6, 6.07) is 4.95. The Labute approximate surface area is 104 Å². The van der Waals surface area contributed by atoms with Gasteiger partial charge in [0.25, 0.3) is 0 Å². The molecule has 3 rings (SSSR count). The van der Waals surface area contributed by atoms with Crippen LogP contribution < -0.4 is 10.2 Å². The van der Waals surface area contributed by atoms with E-state index in [9.17, 15) is 14.0 Å². The molecule has 0 radical (unpaired) electrons. The van der Waals surface area contributed by atoms with E-state index in [4.69, 9.17) is 0 Å². The van der Waals surface area contributed by atoms with Crippen LogP contribution in [0, 0.1) is 5.82 Å². The lowest BCUT2D eigenvalue weighted by atomic mass is 9.73. The van der Waals surface area contributed by atoms with Crippen molar-refractivity contribution in [2.75, 3.05) is 4.90 Å². The van der Waals surface area contributed by atoms with Crippen LogP contribution >= 0.6 is 0 Å². The number of halogens is 1. The van der Waals surface area contributed by atoms with E-state index < -0.39 is 6.03 Å². The van der Waals surface area contributed by atoms with Crippen LogP contribution in [0.15, 0.2) is 24.3 Å². The first-order valence-electron chi connectivity index (χ1n) is 6.00. The highest BCUT2D eigenvalue weighted by Gasteiger charge is 2.47. The predicted octanol–water partition coefficient (Wildman–Crippen LogP) is 2.19. The van der Waals surface area contributed by atoms with Crippen molar-refractivity contribution >= 4 is 17.6 Å². The maximum absolute atomic E-state index is 12.8. The van der Waals surface area contributed by atoms with Gasteiger partial charge in [0.05, 0.1) is 17.6 Å². The van der Waals surface area contributed by atoms with Crippen molar-refractivity contribution in [3.05, 3.63) is 30.1 Å². The van der Waals surface area contributed by atoms with E-state index in [1.165, 1.54) is 24.3 Å². The summed E-state index contributed by atoms with van der Waals surface area (Å²) < 4.78 is 12.8. The first-order chi connectivity index (χ1) is 8.60. The third-order valence-electron chi connectivity index (χ3n) is 3.71. The molecule has 5 heteroatoms. The molecule has 3 amide bonds. The van der Waals surface area contributed by atoms with E-state index in [-0.39, 0.29) is 17.3 Å². The van der Waals surface area contributed by atoms with Crippen LogP contribution in [0.1, 0.15) is 25.7 Å². The van der Waals surface area contributed by atoms with Crippen LogP contribution in [-0.2, 0) is 4.79 Å². The molecular weight excluding hydrogens is 235 g/mol. The maximum atomic E-state index is 12.8. The van der Waals surface area contributed by atoms with Crippen molar-refractivity contribution in [1.82, 2.24) is 5.32 Å². The summed E-state index contributed by atoms with van der Waals surface area (Å²) in [6.07, 6.45) is 3.10. The zero-order chi connectivity index (χ0) is 12.8. The molecule has 0 unspecified atom stereocenters. The van der Waals surface area contributed by atoms with Gasteiger partial charge in [-0.3, -0.25) is 4.79 Å². The molecule has 1 spiro atoms. The fourth-order valence-corrected chi connectivity index (χ4v) is 2.57. The van der Waals surface area contributed by atoms with Crippen LogP contribution in [0.4, 0.5) is 14.9 Å². The Balaban J connectivity index is 1.87. The summed E-state index contributed by atoms with van der Waals surface area (Å²) in [4.78, 5) is 25.2. The first kappa shape index (κ1) is 11.2. The third-order valence-corrected chi connectivity index (χ3v) is 3.71. The molecule has 18 heavy (non-hydrogen) atoms. The van der Waals surface area contributed by atoms with Gasteiger partial charge in [-0.2, -0.15) is 0 Å². The second kappa shape index (κ2) is 3.80. The van der Waals surface area contributed by atoms with E-state index in [1.807, 2.05) is 0 Å². The standard InChI is InChI=1S/C13H13FN2O2/c14-9-2-4-10(5-3-9)16-11(17)8-13(6-1-7-13)15-12(16)18/h2-5H,1,6-8H2,(H,15,18). The Kier molecular flexibility index (Phi) is 2.36. The van der Waals surface area contributed by atoms with Gasteiger partial charge in [-0.15, -0.1) is 0 Å². The summed E-state index contributed by atoms with van der Waals surface area (Å²) in [5.74, 6) is -0.607. The van der Waals surface area contributed by atoms with Crippen molar-refractivity contribution in [3.8, 4) is 0 Å². The summed E-state index contributed by atoms with van der Waals surface area (Å²) in [6.45, 7) is 0. The van der Waals surface area contributed by atoms with Crippen LogP contribution in [0.5, 0.6) is 0 Å². The average Bonchev–Trinajstić information content (AvgIpc) is 2.28. The highest BCUT2D eigenvalue weighted by Crippen LogP contribution is 2.38. The SMILES string of the molecule is O=C1CC2(CCC2)NC(=O)N1c1ccc(F)cc1. The number of nitrogens with one attached hydrogen (secondary N) is 1. The Morgan fingerprint density at radius 3 is 2.33 bits per heavy atom. The van der Waals surface area contributed by atoms with Crippen molar-refractivity contribution in [3.63, 3.8) is 0 Å². The van der Waals surface area contributed by atoms with Crippen LogP contribution in [0.25, 0.3) is 0 Å². The molecule has 2 aliphatic rings. The number of carbonyl (C=O) groups excluding carboxylic acids is 2. The monoisotopic (exact) mass is 248 g/mol. The normalized spacial score (nSPS) is 21.7. The van der Waals surface area contributed by atoms with Crippen LogP contribution in [0.2, 0.25) is 0 Å². The van der Waals surface area contributed by atoms with Gasteiger partial charge < -0.3 is 5.32 Å². The number of urea groups is 1. The summed E-state index contributed by atoms with van der Waals surface area (Å²) in [5.41, 5.74) is 0.0955. The lowest BCUT2D eigenvalue weighted by molar-refractivity contribution is -0.121. The first-order valence-corrected chi connectivity index (χ1v) is 6.00. The molecule has 1 aliphatic carbocycles. The highest BCUT2D eigenvalue weighted by atomic mass is 19.1. The number of carbonyl (C=O) groups is 2. The number of anilines is 1. The highest BCUT2D eigenvalue weighted by molar-refractivity contribution is 6.16. The molecule has 1 saturated heterocycles. The van der Waals surface area contributed by atoms with Gasteiger partial charge >= 0.3 is 6.03 Å². The van der Waals surface area contributed by atoms with Crippen molar-refractivity contribution < 1.29 is 14.0 Å². The van der Waals surface area contributed by atoms with E-state index in [0.717, 1.165) is 24.2 Å². The lowest BCUT2D eigenvalue weighted by Gasteiger charge is -2.47.